The highest BCUT2D eigenvalue weighted by molar-refractivity contribution is 6.30. The van der Waals surface area contributed by atoms with Crippen molar-refractivity contribution in [3.63, 3.8) is 0 Å². The van der Waals surface area contributed by atoms with Gasteiger partial charge < -0.3 is 5.32 Å². The molecular weight excluding hydrogens is 364 g/mol. The first kappa shape index (κ1) is 17.2. The minimum Gasteiger partial charge on any atom is -0.352 e. The van der Waals surface area contributed by atoms with Crippen LogP contribution in [-0.4, -0.2) is 30.5 Å². The van der Waals surface area contributed by atoms with Crippen LogP contribution < -0.4 is 5.32 Å². The third kappa shape index (κ3) is 3.83. The van der Waals surface area contributed by atoms with Gasteiger partial charge in [-0.2, -0.15) is 10.2 Å². The highest BCUT2D eigenvalue weighted by Crippen LogP contribution is 2.18. The molecule has 1 aromatic carbocycles. The number of halogens is 1. The summed E-state index contributed by atoms with van der Waals surface area (Å²) >= 11 is 5.96. The van der Waals surface area contributed by atoms with Gasteiger partial charge in [-0.3, -0.25) is 14.5 Å². The number of nitrogens with one attached hydrogen (secondary N) is 1. The molecule has 4 aromatic rings. The number of carbonyl (C=O) groups excluding carboxylic acids is 1. The molecule has 0 aliphatic rings. The van der Waals surface area contributed by atoms with Gasteiger partial charge in [0, 0.05) is 24.0 Å². The number of rotatable bonds is 5. The summed E-state index contributed by atoms with van der Waals surface area (Å²) in [5.74, 6) is -0.0959. The molecule has 27 heavy (non-hydrogen) atoms. The van der Waals surface area contributed by atoms with Gasteiger partial charge in [0.2, 0.25) is 5.91 Å². The number of fused-ring (bicyclic) bond motifs is 1. The Morgan fingerprint density at radius 2 is 2.07 bits per heavy atom. The van der Waals surface area contributed by atoms with Gasteiger partial charge in [-0.05, 0) is 23.8 Å². The molecule has 136 valence electrons. The van der Waals surface area contributed by atoms with Crippen molar-refractivity contribution >= 4 is 28.4 Å². The Morgan fingerprint density at radius 3 is 2.85 bits per heavy atom. The molecule has 3 aromatic heterocycles. The second-order valence-electron chi connectivity index (χ2n) is 6.25. The van der Waals surface area contributed by atoms with Gasteiger partial charge in [0.15, 0.2) is 0 Å². The van der Waals surface area contributed by atoms with Crippen LogP contribution in [0.4, 0.5) is 0 Å². The molecule has 0 atom stereocenters. The highest BCUT2D eigenvalue weighted by Gasteiger charge is 2.10. The normalized spacial score (nSPS) is 11.0. The van der Waals surface area contributed by atoms with E-state index in [4.69, 9.17) is 11.6 Å². The van der Waals surface area contributed by atoms with Gasteiger partial charge in [-0.25, -0.2) is 4.68 Å². The molecule has 0 spiro atoms. The Morgan fingerprint density at radius 1 is 1.19 bits per heavy atom. The van der Waals surface area contributed by atoms with Gasteiger partial charge in [0.25, 0.3) is 0 Å². The van der Waals surface area contributed by atoms with Crippen LogP contribution in [0.2, 0.25) is 5.02 Å². The SMILES string of the molecule is Cn1cc(-n2ncc3cc(CC(=O)NCc4cccc(Cl)c4)ncc32)cn1. The molecular formula is C19H17ClN6O. The first-order valence-electron chi connectivity index (χ1n) is 8.41. The van der Waals surface area contributed by atoms with E-state index in [1.54, 1.807) is 34.0 Å². The third-order valence-corrected chi connectivity index (χ3v) is 4.40. The van der Waals surface area contributed by atoms with E-state index in [0.29, 0.717) is 17.3 Å². The molecule has 0 saturated carbocycles. The fraction of sp³-hybridized carbons (Fsp3) is 0.158. The molecule has 4 rings (SSSR count). The Balaban J connectivity index is 1.45. The zero-order chi connectivity index (χ0) is 18.8. The fourth-order valence-electron chi connectivity index (χ4n) is 2.87. The first-order valence-corrected chi connectivity index (χ1v) is 8.79. The number of benzene rings is 1. The van der Waals surface area contributed by atoms with E-state index in [9.17, 15) is 4.79 Å². The van der Waals surface area contributed by atoms with Gasteiger partial charge in [-0.15, -0.1) is 0 Å². The Bertz CT molecular complexity index is 1120. The van der Waals surface area contributed by atoms with Crippen molar-refractivity contribution in [2.75, 3.05) is 0 Å². The molecule has 8 heteroatoms. The average Bonchev–Trinajstić information content (AvgIpc) is 3.25. The summed E-state index contributed by atoms with van der Waals surface area (Å²) in [5, 5.41) is 13.0. The zero-order valence-corrected chi connectivity index (χ0v) is 15.4. The van der Waals surface area contributed by atoms with E-state index in [1.165, 1.54) is 0 Å². The molecule has 0 unspecified atom stereocenters. The van der Waals surface area contributed by atoms with Crippen LogP contribution in [0.1, 0.15) is 11.3 Å². The van der Waals surface area contributed by atoms with Gasteiger partial charge in [-0.1, -0.05) is 23.7 Å². The molecule has 0 bridgehead atoms. The molecule has 3 heterocycles. The van der Waals surface area contributed by atoms with Crippen LogP contribution >= 0.6 is 11.6 Å². The monoisotopic (exact) mass is 380 g/mol. The van der Waals surface area contributed by atoms with E-state index >= 15 is 0 Å². The fourth-order valence-corrected chi connectivity index (χ4v) is 3.08. The topological polar surface area (TPSA) is 77.6 Å². The van der Waals surface area contributed by atoms with Gasteiger partial charge in [0.1, 0.15) is 5.69 Å². The number of aromatic nitrogens is 5. The third-order valence-electron chi connectivity index (χ3n) is 4.17. The number of amides is 1. The number of nitrogens with zero attached hydrogens (tertiary/aromatic N) is 5. The van der Waals surface area contributed by atoms with Gasteiger partial charge in [0.05, 0.1) is 42.4 Å². The standard InChI is InChI=1S/C19H17ClN6O/c1-25-12-17(10-23-25)26-18-11-21-16(6-14(18)9-24-26)7-19(27)22-8-13-3-2-4-15(20)5-13/h2-6,9-12H,7-8H2,1H3,(H,22,27). The maximum atomic E-state index is 12.2. The van der Waals surface area contributed by atoms with Crippen molar-refractivity contribution in [3.05, 3.63) is 71.4 Å². The highest BCUT2D eigenvalue weighted by atomic mass is 35.5. The summed E-state index contributed by atoms with van der Waals surface area (Å²) in [6.45, 7) is 0.431. The average molecular weight is 381 g/mol. The maximum absolute atomic E-state index is 12.2. The lowest BCUT2D eigenvalue weighted by atomic mass is 10.2. The lowest BCUT2D eigenvalue weighted by Crippen LogP contribution is -2.24. The van der Waals surface area contributed by atoms with Crippen molar-refractivity contribution in [1.29, 1.82) is 0 Å². The van der Waals surface area contributed by atoms with Crippen molar-refractivity contribution in [1.82, 2.24) is 29.9 Å². The predicted octanol–water partition coefficient (Wildman–Crippen LogP) is 2.67. The van der Waals surface area contributed by atoms with Crippen LogP contribution in [0.25, 0.3) is 16.6 Å². The Kier molecular flexibility index (Phi) is 4.60. The molecule has 0 saturated heterocycles. The van der Waals surface area contributed by atoms with Crippen LogP contribution in [0, 0.1) is 0 Å². The minimum absolute atomic E-state index is 0.0959. The molecule has 0 aliphatic carbocycles. The number of aryl methyl sites for hydroxylation is 1. The Hall–Kier alpha value is -3.19. The van der Waals surface area contributed by atoms with E-state index < -0.39 is 0 Å². The molecule has 7 nitrogen and oxygen atoms in total. The maximum Gasteiger partial charge on any atom is 0.226 e. The second-order valence-corrected chi connectivity index (χ2v) is 6.68. The van der Waals surface area contributed by atoms with E-state index in [1.807, 2.05) is 37.5 Å². The van der Waals surface area contributed by atoms with Gasteiger partial charge >= 0.3 is 0 Å². The molecule has 0 aliphatic heterocycles. The minimum atomic E-state index is -0.0959. The quantitative estimate of drug-likeness (QED) is 0.577. The van der Waals surface area contributed by atoms with E-state index in [-0.39, 0.29) is 12.3 Å². The molecule has 0 fully saturated rings. The summed E-state index contributed by atoms with van der Waals surface area (Å²) in [7, 11) is 1.85. The molecule has 1 amide bonds. The van der Waals surface area contributed by atoms with Crippen LogP contribution in [0.5, 0.6) is 0 Å². The summed E-state index contributed by atoms with van der Waals surface area (Å²) in [6.07, 6.45) is 7.31. The molecule has 1 N–H and O–H groups in total. The second kappa shape index (κ2) is 7.20. The number of hydrogen-bond donors (Lipinski definition) is 1. The van der Waals surface area contributed by atoms with E-state index in [2.05, 4.69) is 20.5 Å². The zero-order valence-electron chi connectivity index (χ0n) is 14.6. The van der Waals surface area contributed by atoms with Crippen molar-refractivity contribution in [2.24, 2.45) is 7.05 Å². The summed E-state index contributed by atoms with van der Waals surface area (Å²) in [6, 6.07) is 9.30. The summed E-state index contributed by atoms with van der Waals surface area (Å²) < 4.78 is 3.49. The van der Waals surface area contributed by atoms with Crippen LogP contribution in [-0.2, 0) is 24.8 Å². The lowest BCUT2D eigenvalue weighted by molar-refractivity contribution is -0.120. The predicted molar refractivity (Wildman–Crippen MR) is 103 cm³/mol. The molecule has 0 radical (unpaired) electrons. The van der Waals surface area contributed by atoms with Crippen molar-refractivity contribution in [3.8, 4) is 5.69 Å². The smallest absolute Gasteiger partial charge is 0.226 e. The van der Waals surface area contributed by atoms with Crippen molar-refractivity contribution < 1.29 is 4.79 Å². The number of hydrogen-bond acceptors (Lipinski definition) is 4. The van der Waals surface area contributed by atoms with E-state index in [0.717, 1.165) is 22.2 Å². The van der Waals surface area contributed by atoms with Crippen LogP contribution in [0.15, 0.2) is 55.1 Å². The first-order chi connectivity index (χ1) is 13.1. The lowest BCUT2D eigenvalue weighted by Gasteiger charge is -2.06. The van der Waals surface area contributed by atoms with Crippen LogP contribution in [0.3, 0.4) is 0 Å². The van der Waals surface area contributed by atoms with Crippen molar-refractivity contribution in [2.45, 2.75) is 13.0 Å². The number of pyridine rings is 1. The number of carbonyl (C=O) groups is 1. The summed E-state index contributed by atoms with van der Waals surface area (Å²) in [4.78, 5) is 16.6. The largest absolute Gasteiger partial charge is 0.352 e. The summed E-state index contributed by atoms with van der Waals surface area (Å²) in [5.41, 5.74) is 3.38. The Labute approximate surface area is 160 Å².